The van der Waals surface area contributed by atoms with E-state index in [1.165, 1.54) is 0 Å². The number of nitrogens with one attached hydrogen (secondary N) is 1. The number of aryl methyl sites for hydroxylation is 4. The van der Waals surface area contributed by atoms with Crippen LogP contribution in [-0.2, 0) is 10.0 Å². The van der Waals surface area contributed by atoms with E-state index in [4.69, 9.17) is 4.52 Å². The summed E-state index contributed by atoms with van der Waals surface area (Å²) in [6.07, 6.45) is 0. The van der Waals surface area contributed by atoms with E-state index in [1.807, 2.05) is 19.1 Å². The van der Waals surface area contributed by atoms with Gasteiger partial charge in [-0.05, 0) is 57.0 Å². The molecule has 0 aliphatic carbocycles. The van der Waals surface area contributed by atoms with Crippen LogP contribution in [-0.4, -0.2) is 18.6 Å². The number of aromatic nitrogens is 2. The first-order valence-corrected chi connectivity index (χ1v) is 9.26. The average molecular weight is 357 g/mol. The average Bonchev–Trinajstić information content (AvgIpc) is 2.92. The lowest BCUT2D eigenvalue weighted by Crippen LogP contribution is -2.16. The third-order valence-corrected chi connectivity index (χ3v) is 5.45. The summed E-state index contributed by atoms with van der Waals surface area (Å²) in [7, 11) is -3.70. The fourth-order valence-corrected chi connectivity index (χ4v) is 4.43. The summed E-state index contributed by atoms with van der Waals surface area (Å²) in [5.41, 5.74) is 3.55. The van der Waals surface area contributed by atoms with E-state index < -0.39 is 10.0 Å². The van der Waals surface area contributed by atoms with E-state index in [0.29, 0.717) is 39.0 Å². The van der Waals surface area contributed by atoms with E-state index >= 15 is 0 Å². The standard InChI is InChI=1S/C18H19N3O3S/c1-11-8-12(2)17(13(3)9-11)25(22,23)21-16-7-5-6-15(10-16)18-19-14(4)20-24-18/h5-10,21H,1-4H3. The minimum Gasteiger partial charge on any atom is -0.334 e. The molecule has 1 aromatic heterocycles. The maximum atomic E-state index is 12.8. The summed E-state index contributed by atoms with van der Waals surface area (Å²) in [5.74, 6) is 0.869. The highest BCUT2D eigenvalue weighted by Gasteiger charge is 2.20. The third-order valence-electron chi connectivity index (χ3n) is 3.76. The van der Waals surface area contributed by atoms with Crippen molar-refractivity contribution in [2.45, 2.75) is 32.6 Å². The Balaban J connectivity index is 1.97. The molecular weight excluding hydrogens is 338 g/mol. The zero-order chi connectivity index (χ0) is 18.2. The molecule has 130 valence electrons. The predicted molar refractivity (Wildman–Crippen MR) is 95.9 cm³/mol. The van der Waals surface area contributed by atoms with Crippen molar-refractivity contribution < 1.29 is 12.9 Å². The molecule has 0 aliphatic heterocycles. The van der Waals surface area contributed by atoms with Crippen LogP contribution in [0.4, 0.5) is 5.69 Å². The van der Waals surface area contributed by atoms with Crippen molar-refractivity contribution in [3.63, 3.8) is 0 Å². The molecule has 0 amide bonds. The van der Waals surface area contributed by atoms with Crippen molar-refractivity contribution in [3.05, 3.63) is 58.9 Å². The first kappa shape index (κ1) is 17.2. The summed E-state index contributed by atoms with van der Waals surface area (Å²) >= 11 is 0. The zero-order valence-corrected chi connectivity index (χ0v) is 15.3. The topological polar surface area (TPSA) is 85.1 Å². The molecule has 7 heteroatoms. The highest BCUT2D eigenvalue weighted by molar-refractivity contribution is 7.92. The number of hydrogen-bond donors (Lipinski definition) is 1. The summed E-state index contributed by atoms with van der Waals surface area (Å²) in [4.78, 5) is 4.46. The van der Waals surface area contributed by atoms with Gasteiger partial charge in [-0.2, -0.15) is 4.98 Å². The van der Waals surface area contributed by atoms with Crippen molar-refractivity contribution in [1.29, 1.82) is 0 Å². The summed E-state index contributed by atoms with van der Waals surface area (Å²) in [5, 5.41) is 3.75. The molecule has 0 unspecified atom stereocenters. The molecule has 6 nitrogen and oxygen atoms in total. The maximum Gasteiger partial charge on any atom is 0.262 e. The summed E-state index contributed by atoms with van der Waals surface area (Å²) < 4.78 is 33.5. The Morgan fingerprint density at radius 3 is 2.28 bits per heavy atom. The molecule has 1 N–H and O–H groups in total. The lowest BCUT2D eigenvalue weighted by atomic mass is 10.1. The molecule has 0 aliphatic rings. The van der Waals surface area contributed by atoms with Crippen LogP contribution in [0, 0.1) is 27.7 Å². The largest absolute Gasteiger partial charge is 0.334 e. The van der Waals surface area contributed by atoms with Gasteiger partial charge in [0.2, 0.25) is 0 Å². The number of anilines is 1. The van der Waals surface area contributed by atoms with Crippen LogP contribution < -0.4 is 4.72 Å². The quantitative estimate of drug-likeness (QED) is 0.768. The van der Waals surface area contributed by atoms with Gasteiger partial charge in [-0.15, -0.1) is 0 Å². The predicted octanol–water partition coefficient (Wildman–Crippen LogP) is 3.77. The zero-order valence-electron chi connectivity index (χ0n) is 14.5. The minimum absolute atomic E-state index is 0.303. The van der Waals surface area contributed by atoms with Crippen LogP contribution in [0.2, 0.25) is 0 Å². The Kier molecular flexibility index (Phi) is 4.34. The maximum absolute atomic E-state index is 12.8. The number of benzene rings is 2. The Labute approximate surface area is 147 Å². The first-order chi connectivity index (χ1) is 11.8. The fourth-order valence-electron chi connectivity index (χ4n) is 2.93. The van der Waals surface area contributed by atoms with Gasteiger partial charge in [-0.1, -0.05) is 28.9 Å². The van der Waals surface area contributed by atoms with Crippen LogP contribution in [0.1, 0.15) is 22.5 Å². The van der Waals surface area contributed by atoms with Gasteiger partial charge in [0.1, 0.15) is 0 Å². The van der Waals surface area contributed by atoms with Crippen molar-refractivity contribution in [2.75, 3.05) is 4.72 Å². The van der Waals surface area contributed by atoms with Crippen LogP contribution in [0.15, 0.2) is 45.8 Å². The second-order valence-electron chi connectivity index (χ2n) is 6.06. The first-order valence-electron chi connectivity index (χ1n) is 7.78. The highest BCUT2D eigenvalue weighted by atomic mass is 32.2. The van der Waals surface area contributed by atoms with Gasteiger partial charge in [-0.25, -0.2) is 8.42 Å². The van der Waals surface area contributed by atoms with Crippen LogP contribution in [0.25, 0.3) is 11.5 Å². The van der Waals surface area contributed by atoms with E-state index in [-0.39, 0.29) is 0 Å². The molecule has 0 atom stereocenters. The molecule has 25 heavy (non-hydrogen) atoms. The molecule has 3 rings (SSSR count). The van der Waals surface area contributed by atoms with Crippen LogP contribution >= 0.6 is 0 Å². The number of hydrogen-bond acceptors (Lipinski definition) is 5. The third kappa shape index (κ3) is 3.56. The van der Waals surface area contributed by atoms with Gasteiger partial charge in [0.05, 0.1) is 4.90 Å². The van der Waals surface area contributed by atoms with Crippen molar-refractivity contribution >= 4 is 15.7 Å². The minimum atomic E-state index is -3.70. The molecule has 3 aromatic rings. The van der Waals surface area contributed by atoms with Gasteiger partial charge >= 0.3 is 0 Å². The lowest BCUT2D eigenvalue weighted by Gasteiger charge is -2.14. The molecule has 1 heterocycles. The van der Waals surface area contributed by atoms with E-state index in [1.54, 1.807) is 45.0 Å². The normalized spacial score (nSPS) is 11.5. The lowest BCUT2D eigenvalue weighted by molar-refractivity contribution is 0.425. The SMILES string of the molecule is Cc1cc(C)c(S(=O)(=O)Nc2cccc(-c3nc(C)no3)c2)c(C)c1. The number of nitrogens with zero attached hydrogens (tertiary/aromatic N) is 2. The molecule has 0 saturated carbocycles. The molecule has 0 radical (unpaired) electrons. The Hall–Kier alpha value is -2.67. The number of rotatable bonds is 4. The monoisotopic (exact) mass is 357 g/mol. The Morgan fingerprint density at radius 2 is 1.68 bits per heavy atom. The smallest absolute Gasteiger partial charge is 0.262 e. The van der Waals surface area contributed by atoms with Gasteiger partial charge < -0.3 is 4.52 Å². The second-order valence-corrected chi connectivity index (χ2v) is 7.68. The summed E-state index contributed by atoms with van der Waals surface area (Å²) in [6.45, 7) is 7.26. The second kappa shape index (κ2) is 6.33. The fraction of sp³-hybridized carbons (Fsp3) is 0.222. The Bertz CT molecular complexity index is 1020. The molecular formula is C18H19N3O3S. The molecule has 0 bridgehead atoms. The molecule has 0 fully saturated rings. The van der Waals surface area contributed by atoms with Gasteiger partial charge in [0.15, 0.2) is 5.82 Å². The number of sulfonamides is 1. The summed E-state index contributed by atoms with van der Waals surface area (Å²) in [6, 6.07) is 10.6. The molecule has 0 saturated heterocycles. The van der Waals surface area contributed by atoms with E-state index in [0.717, 1.165) is 5.56 Å². The van der Waals surface area contributed by atoms with E-state index in [9.17, 15) is 8.42 Å². The van der Waals surface area contributed by atoms with E-state index in [2.05, 4.69) is 14.9 Å². The van der Waals surface area contributed by atoms with Crippen molar-refractivity contribution in [3.8, 4) is 11.5 Å². The van der Waals surface area contributed by atoms with Gasteiger partial charge in [0.25, 0.3) is 15.9 Å². The van der Waals surface area contributed by atoms with Crippen molar-refractivity contribution in [2.24, 2.45) is 0 Å². The van der Waals surface area contributed by atoms with Gasteiger partial charge in [-0.3, -0.25) is 4.72 Å². The van der Waals surface area contributed by atoms with Crippen LogP contribution in [0.5, 0.6) is 0 Å². The van der Waals surface area contributed by atoms with Crippen molar-refractivity contribution in [1.82, 2.24) is 10.1 Å². The highest BCUT2D eigenvalue weighted by Crippen LogP contribution is 2.26. The van der Waals surface area contributed by atoms with Crippen LogP contribution in [0.3, 0.4) is 0 Å². The van der Waals surface area contributed by atoms with Gasteiger partial charge in [0, 0.05) is 11.3 Å². The Morgan fingerprint density at radius 1 is 1.00 bits per heavy atom. The molecule has 0 spiro atoms. The molecule has 2 aromatic carbocycles.